The summed E-state index contributed by atoms with van der Waals surface area (Å²) in [4.78, 5) is 11.8. The highest BCUT2D eigenvalue weighted by atomic mass is 16.3. The molecule has 0 radical (unpaired) electrons. The van der Waals surface area contributed by atoms with Crippen LogP contribution >= 0.6 is 0 Å². The van der Waals surface area contributed by atoms with Crippen LogP contribution in [0, 0.1) is 6.92 Å². The van der Waals surface area contributed by atoms with E-state index in [-0.39, 0.29) is 6.61 Å². The Morgan fingerprint density at radius 2 is 2.26 bits per heavy atom. The summed E-state index contributed by atoms with van der Waals surface area (Å²) in [7, 11) is 0. The number of nitrogens with one attached hydrogen (secondary N) is 1. The molecule has 1 aromatic carbocycles. The molecule has 0 bridgehead atoms. The van der Waals surface area contributed by atoms with Crippen LogP contribution in [0.1, 0.15) is 18.1 Å². The van der Waals surface area contributed by atoms with Gasteiger partial charge >= 0.3 is 0 Å². The number of imidazole rings is 1. The summed E-state index contributed by atoms with van der Waals surface area (Å²) in [6.07, 6.45) is 3.27. The minimum Gasteiger partial charge on any atom is -0.441 e. The van der Waals surface area contributed by atoms with Gasteiger partial charge in [-0.3, -0.25) is 0 Å². The number of benzene rings is 1. The maximum atomic E-state index is 8.81. The standard InChI is InChI=1S/C14H15N3O2/c1-9-16-11-5-4-10(7-13(11)19-9)12-8-15-14(17-12)3-2-6-18/h4-5,7-8,18H,2-3,6H2,1H3,(H,15,17). The van der Waals surface area contributed by atoms with Crippen molar-refractivity contribution in [3.05, 3.63) is 36.1 Å². The number of hydrogen-bond donors (Lipinski definition) is 2. The molecule has 5 nitrogen and oxygen atoms in total. The molecule has 0 aliphatic carbocycles. The Hall–Kier alpha value is -2.14. The summed E-state index contributed by atoms with van der Waals surface area (Å²) in [5.41, 5.74) is 3.61. The van der Waals surface area contributed by atoms with E-state index in [9.17, 15) is 0 Å². The minimum atomic E-state index is 0.180. The predicted octanol–water partition coefficient (Wildman–Crippen LogP) is 2.45. The smallest absolute Gasteiger partial charge is 0.192 e. The fourth-order valence-corrected chi connectivity index (χ4v) is 2.09. The van der Waals surface area contributed by atoms with Crippen molar-refractivity contribution < 1.29 is 9.52 Å². The number of aryl methyl sites for hydroxylation is 2. The van der Waals surface area contributed by atoms with E-state index >= 15 is 0 Å². The Labute approximate surface area is 110 Å². The molecule has 0 aliphatic heterocycles. The molecule has 98 valence electrons. The first-order valence-electron chi connectivity index (χ1n) is 6.28. The van der Waals surface area contributed by atoms with Crippen LogP contribution in [0.2, 0.25) is 0 Å². The first-order valence-corrected chi connectivity index (χ1v) is 6.28. The van der Waals surface area contributed by atoms with E-state index in [2.05, 4.69) is 15.0 Å². The zero-order valence-electron chi connectivity index (χ0n) is 10.7. The average molecular weight is 257 g/mol. The number of H-pyrrole nitrogens is 1. The molecule has 2 heterocycles. The minimum absolute atomic E-state index is 0.180. The normalized spacial score (nSPS) is 11.3. The molecule has 0 fully saturated rings. The number of nitrogens with zero attached hydrogens (tertiary/aromatic N) is 2. The molecule has 19 heavy (non-hydrogen) atoms. The van der Waals surface area contributed by atoms with Crippen molar-refractivity contribution in [2.75, 3.05) is 6.61 Å². The van der Waals surface area contributed by atoms with E-state index in [0.29, 0.717) is 12.3 Å². The Bertz CT molecular complexity index is 700. The molecule has 0 aliphatic rings. The van der Waals surface area contributed by atoms with Gasteiger partial charge in [-0.1, -0.05) is 6.07 Å². The van der Waals surface area contributed by atoms with E-state index in [0.717, 1.165) is 34.6 Å². The van der Waals surface area contributed by atoms with Crippen LogP contribution in [0.25, 0.3) is 22.4 Å². The Balaban J connectivity index is 1.92. The molecule has 0 unspecified atom stereocenters. The number of aromatic nitrogens is 3. The van der Waals surface area contributed by atoms with Gasteiger partial charge in [0.15, 0.2) is 11.5 Å². The van der Waals surface area contributed by atoms with Crippen LogP contribution in [0.15, 0.2) is 28.8 Å². The van der Waals surface area contributed by atoms with Crippen molar-refractivity contribution in [1.82, 2.24) is 15.0 Å². The Kier molecular flexibility index (Phi) is 3.05. The van der Waals surface area contributed by atoms with Crippen molar-refractivity contribution in [2.45, 2.75) is 19.8 Å². The highest BCUT2D eigenvalue weighted by Gasteiger charge is 2.07. The number of aliphatic hydroxyl groups excluding tert-OH is 1. The third-order valence-electron chi connectivity index (χ3n) is 3.01. The van der Waals surface area contributed by atoms with Gasteiger partial charge in [0.05, 0.1) is 11.9 Å². The molecule has 0 saturated heterocycles. The lowest BCUT2D eigenvalue weighted by Crippen LogP contribution is -1.91. The molecule has 0 amide bonds. The van der Waals surface area contributed by atoms with Crippen molar-refractivity contribution in [3.63, 3.8) is 0 Å². The van der Waals surface area contributed by atoms with E-state index in [1.54, 1.807) is 6.20 Å². The fourth-order valence-electron chi connectivity index (χ4n) is 2.09. The van der Waals surface area contributed by atoms with Gasteiger partial charge < -0.3 is 14.5 Å². The number of fused-ring (bicyclic) bond motifs is 1. The molecule has 2 aromatic heterocycles. The highest BCUT2D eigenvalue weighted by molar-refractivity contribution is 5.79. The second-order valence-corrected chi connectivity index (χ2v) is 4.49. The summed E-state index contributed by atoms with van der Waals surface area (Å²) in [6, 6.07) is 5.89. The lowest BCUT2D eigenvalue weighted by molar-refractivity contribution is 0.287. The van der Waals surface area contributed by atoms with Gasteiger partial charge in [0.2, 0.25) is 0 Å². The summed E-state index contributed by atoms with van der Waals surface area (Å²) in [5, 5.41) is 8.81. The monoisotopic (exact) mass is 257 g/mol. The largest absolute Gasteiger partial charge is 0.441 e. The third-order valence-corrected chi connectivity index (χ3v) is 3.01. The lowest BCUT2D eigenvalue weighted by Gasteiger charge is -1.97. The zero-order valence-corrected chi connectivity index (χ0v) is 10.7. The van der Waals surface area contributed by atoms with Crippen molar-refractivity contribution in [1.29, 1.82) is 0 Å². The van der Waals surface area contributed by atoms with Gasteiger partial charge in [0, 0.05) is 25.5 Å². The molecular weight excluding hydrogens is 242 g/mol. The van der Waals surface area contributed by atoms with E-state index in [4.69, 9.17) is 9.52 Å². The van der Waals surface area contributed by atoms with Crippen molar-refractivity contribution >= 4 is 11.1 Å². The molecular formula is C14H15N3O2. The van der Waals surface area contributed by atoms with Crippen LogP contribution in [-0.4, -0.2) is 26.7 Å². The second kappa shape index (κ2) is 4.85. The number of aliphatic hydroxyl groups is 1. The van der Waals surface area contributed by atoms with Gasteiger partial charge in [-0.15, -0.1) is 0 Å². The molecule has 0 atom stereocenters. The predicted molar refractivity (Wildman–Crippen MR) is 71.7 cm³/mol. The summed E-state index contributed by atoms with van der Waals surface area (Å²) in [6.45, 7) is 2.02. The SMILES string of the molecule is Cc1nc2ccc(-c3cnc(CCCO)[nH]3)cc2o1. The molecule has 2 N–H and O–H groups in total. The quantitative estimate of drug-likeness (QED) is 0.752. The average Bonchev–Trinajstić information content (AvgIpc) is 3.00. The van der Waals surface area contributed by atoms with E-state index < -0.39 is 0 Å². The maximum absolute atomic E-state index is 8.81. The number of hydrogen-bond acceptors (Lipinski definition) is 4. The maximum Gasteiger partial charge on any atom is 0.192 e. The second-order valence-electron chi connectivity index (χ2n) is 4.49. The summed E-state index contributed by atoms with van der Waals surface area (Å²) in [5.74, 6) is 1.55. The number of rotatable bonds is 4. The van der Waals surface area contributed by atoms with E-state index in [1.165, 1.54) is 0 Å². The summed E-state index contributed by atoms with van der Waals surface area (Å²) >= 11 is 0. The number of aromatic amines is 1. The van der Waals surface area contributed by atoms with Gasteiger partial charge in [0.1, 0.15) is 11.3 Å². The van der Waals surface area contributed by atoms with Crippen molar-refractivity contribution in [3.8, 4) is 11.3 Å². The molecule has 0 spiro atoms. The van der Waals surface area contributed by atoms with Gasteiger partial charge in [0.25, 0.3) is 0 Å². The topological polar surface area (TPSA) is 74.9 Å². The summed E-state index contributed by atoms with van der Waals surface area (Å²) < 4.78 is 5.52. The van der Waals surface area contributed by atoms with Crippen molar-refractivity contribution in [2.24, 2.45) is 0 Å². The van der Waals surface area contributed by atoms with Crippen LogP contribution in [0.5, 0.6) is 0 Å². The number of oxazole rings is 1. The van der Waals surface area contributed by atoms with E-state index in [1.807, 2.05) is 25.1 Å². The fraction of sp³-hybridized carbons (Fsp3) is 0.286. The van der Waals surface area contributed by atoms with Crippen LogP contribution in [-0.2, 0) is 6.42 Å². The molecule has 0 saturated carbocycles. The van der Waals surface area contributed by atoms with Crippen LogP contribution in [0.4, 0.5) is 0 Å². The molecule has 3 aromatic rings. The first-order chi connectivity index (χ1) is 9.26. The Morgan fingerprint density at radius 1 is 1.37 bits per heavy atom. The van der Waals surface area contributed by atoms with Gasteiger partial charge in [-0.05, 0) is 18.6 Å². The van der Waals surface area contributed by atoms with Crippen LogP contribution < -0.4 is 0 Å². The first kappa shape index (κ1) is 11.9. The molecule has 5 heteroatoms. The van der Waals surface area contributed by atoms with Crippen LogP contribution in [0.3, 0.4) is 0 Å². The van der Waals surface area contributed by atoms with Gasteiger partial charge in [-0.25, -0.2) is 9.97 Å². The Morgan fingerprint density at radius 3 is 3.11 bits per heavy atom. The molecule has 3 rings (SSSR count). The van der Waals surface area contributed by atoms with Gasteiger partial charge in [-0.2, -0.15) is 0 Å². The highest BCUT2D eigenvalue weighted by Crippen LogP contribution is 2.23. The third kappa shape index (κ3) is 2.37. The zero-order chi connectivity index (χ0) is 13.2. The lowest BCUT2D eigenvalue weighted by atomic mass is 10.1.